The van der Waals surface area contributed by atoms with E-state index >= 15 is 0 Å². The second-order valence-corrected chi connectivity index (χ2v) is 11.4. The first-order valence-electron chi connectivity index (χ1n) is 13.5. The van der Waals surface area contributed by atoms with Gasteiger partial charge in [0.05, 0.1) is 22.0 Å². The highest BCUT2D eigenvalue weighted by Gasteiger charge is 2.35. The molecule has 10 heteroatoms. The molecular formula is C28H34F3N7. The van der Waals surface area contributed by atoms with Crippen LogP contribution in [-0.4, -0.2) is 49.0 Å². The molecule has 1 aromatic carbocycles. The Bertz CT molecular complexity index is 1450. The van der Waals surface area contributed by atoms with Gasteiger partial charge in [0.25, 0.3) is 0 Å². The van der Waals surface area contributed by atoms with Crippen molar-refractivity contribution in [1.82, 2.24) is 29.4 Å². The van der Waals surface area contributed by atoms with E-state index in [-0.39, 0.29) is 5.56 Å². The first-order chi connectivity index (χ1) is 18.2. The van der Waals surface area contributed by atoms with Crippen LogP contribution in [0, 0.1) is 18.8 Å². The highest BCUT2D eigenvalue weighted by atomic mass is 19.4. The Hall–Kier alpha value is -3.14. The maximum atomic E-state index is 13.2. The monoisotopic (exact) mass is 525 g/mol. The molecule has 3 heterocycles. The summed E-state index contributed by atoms with van der Waals surface area (Å²) in [5.74, 6) is 2.61. The fourth-order valence-corrected chi connectivity index (χ4v) is 6.59. The highest BCUT2D eigenvalue weighted by molar-refractivity contribution is 5.86. The number of nitrogens with two attached hydrogens (primary N) is 1. The zero-order valence-electron chi connectivity index (χ0n) is 21.8. The summed E-state index contributed by atoms with van der Waals surface area (Å²) in [7, 11) is 2.24. The number of halogens is 3. The number of aryl methyl sites for hydroxylation is 2. The third kappa shape index (κ3) is 4.74. The smallest absolute Gasteiger partial charge is 0.383 e. The average molecular weight is 526 g/mol. The molecule has 202 valence electrons. The van der Waals surface area contributed by atoms with Crippen LogP contribution in [0.25, 0.3) is 22.1 Å². The predicted molar refractivity (Wildman–Crippen MR) is 142 cm³/mol. The molecule has 38 heavy (non-hydrogen) atoms. The molecule has 2 aliphatic carbocycles. The Balaban J connectivity index is 0.981. The number of imidazole rings is 1. The van der Waals surface area contributed by atoms with Crippen molar-refractivity contribution < 1.29 is 13.2 Å². The normalized spacial score (nSPS) is 24.1. The summed E-state index contributed by atoms with van der Waals surface area (Å²) in [6.07, 6.45) is 6.91. The van der Waals surface area contributed by atoms with Crippen LogP contribution in [0.5, 0.6) is 0 Å². The van der Waals surface area contributed by atoms with Crippen molar-refractivity contribution in [1.29, 1.82) is 0 Å². The molecule has 4 aromatic rings. The number of nitrogens with one attached hydrogen (secondary N) is 1. The van der Waals surface area contributed by atoms with E-state index in [1.807, 2.05) is 6.07 Å². The van der Waals surface area contributed by atoms with Gasteiger partial charge in [-0.3, -0.25) is 0 Å². The van der Waals surface area contributed by atoms with E-state index in [1.54, 1.807) is 12.4 Å². The molecule has 0 saturated heterocycles. The molecule has 6 rings (SSSR count). The summed E-state index contributed by atoms with van der Waals surface area (Å²) in [4.78, 5) is 18.8. The minimum atomic E-state index is -4.36. The number of H-pyrrole nitrogens is 1. The number of hydrogen-bond acceptors (Lipinski definition) is 5. The lowest BCUT2D eigenvalue weighted by Gasteiger charge is -2.42. The lowest BCUT2D eigenvalue weighted by molar-refractivity contribution is -0.137. The Morgan fingerprint density at radius 3 is 2.74 bits per heavy atom. The SMILES string of the molecule is Cc1cc2[nH]c(CCC3CC(N(C)CC4CCC(n5ccc6c(N)ncnc65)C4)C3)nc2cc1C(F)(F)F. The van der Waals surface area contributed by atoms with Gasteiger partial charge < -0.3 is 20.2 Å². The molecule has 2 fully saturated rings. The molecule has 0 bridgehead atoms. The van der Waals surface area contributed by atoms with Gasteiger partial charge in [0.15, 0.2) is 0 Å². The van der Waals surface area contributed by atoms with Crippen LogP contribution in [-0.2, 0) is 12.6 Å². The third-order valence-corrected chi connectivity index (χ3v) is 8.80. The Labute approximate surface area is 219 Å². The van der Waals surface area contributed by atoms with Gasteiger partial charge in [-0.05, 0) is 88.1 Å². The van der Waals surface area contributed by atoms with Crippen LogP contribution in [0.2, 0.25) is 0 Å². The van der Waals surface area contributed by atoms with Gasteiger partial charge in [-0.2, -0.15) is 13.2 Å². The largest absolute Gasteiger partial charge is 0.416 e. The van der Waals surface area contributed by atoms with Gasteiger partial charge in [0, 0.05) is 31.2 Å². The van der Waals surface area contributed by atoms with Gasteiger partial charge in [0.1, 0.15) is 23.6 Å². The number of nitrogen functional groups attached to an aromatic ring is 1. The summed E-state index contributed by atoms with van der Waals surface area (Å²) in [6.45, 7) is 2.60. The molecule has 7 nitrogen and oxygen atoms in total. The standard InChI is InChI=1S/C28H34F3N7/c1-16-9-23-24(13-22(16)28(29,30)31)36-25(35-23)6-4-17-10-20(11-17)37(2)14-18-3-5-19(12-18)38-8-7-21-26(32)33-15-34-27(21)38/h7-9,13,15,17-20H,3-6,10-12,14H2,1-2H3,(H,35,36)(H2,32,33,34). The van der Waals surface area contributed by atoms with Crippen LogP contribution in [0.3, 0.4) is 0 Å². The molecule has 2 atom stereocenters. The van der Waals surface area contributed by atoms with E-state index in [0.29, 0.717) is 40.8 Å². The number of fused-ring (bicyclic) bond motifs is 2. The maximum absolute atomic E-state index is 13.2. The quantitative estimate of drug-likeness (QED) is 0.314. The van der Waals surface area contributed by atoms with Gasteiger partial charge in [-0.25, -0.2) is 15.0 Å². The van der Waals surface area contributed by atoms with E-state index in [4.69, 9.17) is 5.73 Å². The van der Waals surface area contributed by atoms with E-state index in [1.165, 1.54) is 26.2 Å². The first-order valence-corrected chi connectivity index (χ1v) is 13.5. The number of alkyl halides is 3. The first kappa shape index (κ1) is 25.2. The second-order valence-electron chi connectivity index (χ2n) is 11.4. The van der Waals surface area contributed by atoms with E-state index in [0.717, 1.165) is 55.2 Å². The lowest BCUT2D eigenvalue weighted by atomic mass is 9.76. The van der Waals surface area contributed by atoms with Gasteiger partial charge >= 0.3 is 6.18 Å². The number of hydrogen-bond donors (Lipinski definition) is 2. The Kier molecular flexibility index (Phi) is 6.32. The van der Waals surface area contributed by atoms with Crippen LogP contribution >= 0.6 is 0 Å². The number of nitrogens with zero attached hydrogens (tertiary/aromatic N) is 5. The van der Waals surface area contributed by atoms with E-state index in [2.05, 4.69) is 42.6 Å². The van der Waals surface area contributed by atoms with Crippen LogP contribution in [0.1, 0.15) is 61.5 Å². The maximum Gasteiger partial charge on any atom is 0.416 e. The molecule has 2 saturated carbocycles. The van der Waals surface area contributed by atoms with Crippen molar-refractivity contribution in [3.05, 3.63) is 47.7 Å². The third-order valence-electron chi connectivity index (χ3n) is 8.80. The topological polar surface area (TPSA) is 88.7 Å². The molecule has 0 amide bonds. The van der Waals surface area contributed by atoms with Crippen molar-refractivity contribution in [2.75, 3.05) is 19.3 Å². The van der Waals surface area contributed by atoms with Crippen molar-refractivity contribution in [2.45, 2.75) is 70.1 Å². The molecule has 3 aromatic heterocycles. The van der Waals surface area contributed by atoms with Crippen molar-refractivity contribution in [3.8, 4) is 0 Å². The summed E-state index contributed by atoms with van der Waals surface area (Å²) < 4.78 is 41.9. The molecule has 2 unspecified atom stereocenters. The van der Waals surface area contributed by atoms with E-state index < -0.39 is 11.7 Å². The second kappa shape index (κ2) is 9.55. The molecular weight excluding hydrogens is 491 g/mol. The molecule has 3 N–H and O–H groups in total. The van der Waals surface area contributed by atoms with Gasteiger partial charge in [0.2, 0.25) is 0 Å². The van der Waals surface area contributed by atoms with Crippen molar-refractivity contribution >= 4 is 27.9 Å². The molecule has 0 radical (unpaired) electrons. The molecule has 0 aliphatic heterocycles. The summed E-state index contributed by atoms with van der Waals surface area (Å²) in [5.41, 5.74) is 7.62. The number of aromatic amines is 1. The van der Waals surface area contributed by atoms with E-state index in [9.17, 15) is 13.2 Å². The fourth-order valence-electron chi connectivity index (χ4n) is 6.59. The number of benzene rings is 1. The predicted octanol–water partition coefficient (Wildman–Crippen LogP) is 5.90. The molecule has 0 spiro atoms. The average Bonchev–Trinajstić information content (AvgIpc) is 3.55. The zero-order chi connectivity index (χ0) is 26.6. The lowest BCUT2D eigenvalue weighted by Crippen LogP contribution is -2.44. The molecule has 2 aliphatic rings. The van der Waals surface area contributed by atoms with Crippen LogP contribution < -0.4 is 5.73 Å². The minimum absolute atomic E-state index is 0.221. The van der Waals surface area contributed by atoms with Gasteiger partial charge in [-0.15, -0.1) is 0 Å². The minimum Gasteiger partial charge on any atom is -0.383 e. The fraction of sp³-hybridized carbons (Fsp3) is 0.536. The van der Waals surface area contributed by atoms with Crippen molar-refractivity contribution in [2.24, 2.45) is 11.8 Å². The zero-order valence-corrected chi connectivity index (χ0v) is 21.8. The Morgan fingerprint density at radius 2 is 1.95 bits per heavy atom. The highest BCUT2D eigenvalue weighted by Crippen LogP contribution is 2.40. The van der Waals surface area contributed by atoms with Gasteiger partial charge in [-0.1, -0.05) is 0 Å². The summed E-state index contributed by atoms with van der Waals surface area (Å²) >= 11 is 0. The summed E-state index contributed by atoms with van der Waals surface area (Å²) in [6, 6.07) is 5.79. The number of rotatable bonds is 7. The number of aromatic nitrogens is 5. The summed E-state index contributed by atoms with van der Waals surface area (Å²) in [5, 5.41) is 0.928. The van der Waals surface area contributed by atoms with Crippen molar-refractivity contribution in [3.63, 3.8) is 0 Å². The number of anilines is 1. The Morgan fingerprint density at radius 1 is 1.13 bits per heavy atom. The van der Waals surface area contributed by atoms with Crippen LogP contribution in [0.15, 0.2) is 30.7 Å². The van der Waals surface area contributed by atoms with Crippen LogP contribution in [0.4, 0.5) is 19.0 Å².